The lowest BCUT2D eigenvalue weighted by Crippen LogP contribution is -2.36. The molecule has 7 heteroatoms. The standard InChI is InChI=1S/C21H24N6O/c1-2-4-18-16(3-1)11-20(26-25-18)28-13-15-6-9-27(10-7-15)21-17-5-8-22-12-19(17)23-14-24-21/h5,8,11-12,14-15H,1-4,6-7,9-10,13H2. The molecular formula is C21H24N6O. The summed E-state index contributed by atoms with van der Waals surface area (Å²) in [5.41, 5.74) is 3.36. The summed E-state index contributed by atoms with van der Waals surface area (Å²) < 4.78 is 6.00. The van der Waals surface area contributed by atoms with Crippen molar-refractivity contribution in [1.29, 1.82) is 0 Å². The minimum Gasteiger partial charge on any atom is -0.476 e. The van der Waals surface area contributed by atoms with E-state index >= 15 is 0 Å². The van der Waals surface area contributed by atoms with Crippen molar-refractivity contribution in [3.63, 3.8) is 0 Å². The van der Waals surface area contributed by atoms with Gasteiger partial charge >= 0.3 is 0 Å². The summed E-state index contributed by atoms with van der Waals surface area (Å²) in [6.45, 7) is 2.65. The monoisotopic (exact) mass is 376 g/mol. The van der Waals surface area contributed by atoms with E-state index in [1.165, 1.54) is 18.4 Å². The third kappa shape index (κ3) is 3.48. The maximum Gasteiger partial charge on any atom is 0.233 e. The Morgan fingerprint density at radius 2 is 1.96 bits per heavy atom. The molecule has 1 saturated heterocycles. The Balaban J connectivity index is 1.19. The zero-order valence-electron chi connectivity index (χ0n) is 15.9. The van der Waals surface area contributed by atoms with E-state index in [1.54, 1.807) is 18.7 Å². The Hall–Kier alpha value is -2.83. The molecule has 5 rings (SSSR count). The molecule has 1 aliphatic carbocycles. The Bertz CT molecular complexity index is 965. The Labute approximate surface area is 164 Å². The molecule has 1 fully saturated rings. The normalized spacial score (nSPS) is 17.5. The molecule has 0 unspecified atom stereocenters. The van der Waals surface area contributed by atoms with Crippen molar-refractivity contribution in [2.45, 2.75) is 38.5 Å². The fourth-order valence-corrected chi connectivity index (χ4v) is 4.20. The molecule has 0 amide bonds. The number of hydrogen-bond acceptors (Lipinski definition) is 7. The van der Waals surface area contributed by atoms with Crippen LogP contribution >= 0.6 is 0 Å². The van der Waals surface area contributed by atoms with Crippen LogP contribution in [0.5, 0.6) is 5.88 Å². The highest BCUT2D eigenvalue weighted by Gasteiger charge is 2.22. The third-order valence-electron chi connectivity index (χ3n) is 5.85. The second-order valence-corrected chi connectivity index (χ2v) is 7.69. The molecule has 3 aromatic rings. The lowest BCUT2D eigenvalue weighted by molar-refractivity contribution is 0.213. The van der Waals surface area contributed by atoms with Crippen molar-refractivity contribution in [3.05, 3.63) is 42.1 Å². The SMILES string of the molecule is c1cc2c(N3CCC(COc4cc5c(nn4)CCCC5)CC3)ncnc2cn1. The van der Waals surface area contributed by atoms with Crippen LogP contribution in [0, 0.1) is 5.92 Å². The van der Waals surface area contributed by atoms with Crippen LogP contribution in [0.2, 0.25) is 0 Å². The van der Waals surface area contributed by atoms with Crippen molar-refractivity contribution in [1.82, 2.24) is 25.1 Å². The van der Waals surface area contributed by atoms with E-state index in [4.69, 9.17) is 4.74 Å². The lowest BCUT2D eigenvalue weighted by Gasteiger charge is -2.33. The molecule has 0 saturated carbocycles. The van der Waals surface area contributed by atoms with Gasteiger partial charge in [-0.05, 0) is 56.1 Å². The van der Waals surface area contributed by atoms with Gasteiger partial charge in [0.2, 0.25) is 5.88 Å². The van der Waals surface area contributed by atoms with Crippen LogP contribution in [0.4, 0.5) is 5.82 Å². The highest BCUT2D eigenvalue weighted by molar-refractivity contribution is 5.88. The summed E-state index contributed by atoms with van der Waals surface area (Å²) in [6.07, 6.45) is 12.0. The Morgan fingerprint density at radius 1 is 1.07 bits per heavy atom. The molecule has 2 aliphatic rings. The average Bonchev–Trinajstić information content (AvgIpc) is 2.77. The number of aromatic nitrogens is 5. The predicted octanol–water partition coefficient (Wildman–Crippen LogP) is 2.99. The summed E-state index contributed by atoms with van der Waals surface area (Å²) >= 11 is 0. The van der Waals surface area contributed by atoms with Crippen LogP contribution in [-0.2, 0) is 12.8 Å². The van der Waals surface area contributed by atoms with Crippen LogP contribution < -0.4 is 9.64 Å². The molecule has 144 valence electrons. The van der Waals surface area contributed by atoms with Gasteiger partial charge in [-0.3, -0.25) is 4.98 Å². The van der Waals surface area contributed by atoms with Gasteiger partial charge in [0.25, 0.3) is 0 Å². The van der Waals surface area contributed by atoms with E-state index < -0.39 is 0 Å². The minimum absolute atomic E-state index is 0.531. The van der Waals surface area contributed by atoms with E-state index in [1.807, 2.05) is 6.07 Å². The molecule has 4 heterocycles. The van der Waals surface area contributed by atoms with E-state index in [0.29, 0.717) is 18.4 Å². The van der Waals surface area contributed by atoms with Crippen molar-refractivity contribution >= 4 is 16.7 Å². The van der Waals surface area contributed by atoms with Gasteiger partial charge in [-0.2, -0.15) is 5.10 Å². The van der Waals surface area contributed by atoms with Crippen molar-refractivity contribution in [2.75, 3.05) is 24.6 Å². The van der Waals surface area contributed by atoms with Gasteiger partial charge in [-0.25, -0.2) is 9.97 Å². The fourth-order valence-electron chi connectivity index (χ4n) is 4.20. The van der Waals surface area contributed by atoms with Gasteiger partial charge in [0.15, 0.2) is 0 Å². The first kappa shape index (κ1) is 17.3. The van der Waals surface area contributed by atoms with Crippen molar-refractivity contribution < 1.29 is 4.74 Å². The molecular weight excluding hydrogens is 352 g/mol. The number of rotatable bonds is 4. The summed E-state index contributed by atoms with van der Waals surface area (Å²) in [5, 5.41) is 9.69. The van der Waals surface area contributed by atoms with Crippen LogP contribution in [0.15, 0.2) is 30.9 Å². The van der Waals surface area contributed by atoms with Crippen LogP contribution in [0.1, 0.15) is 36.9 Å². The number of nitrogens with zero attached hydrogens (tertiary/aromatic N) is 6. The van der Waals surface area contributed by atoms with Crippen LogP contribution in [0.25, 0.3) is 10.9 Å². The highest BCUT2D eigenvalue weighted by Crippen LogP contribution is 2.27. The van der Waals surface area contributed by atoms with Gasteiger partial charge in [0.1, 0.15) is 12.1 Å². The number of pyridine rings is 1. The fraction of sp³-hybridized carbons (Fsp3) is 0.476. The maximum atomic E-state index is 6.00. The number of fused-ring (bicyclic) bond motifs is 2. The topological polar surface area (TPSA) is 76.9 Å². The number of piperidine rings is 1. The zero-order chi connectivity index (χ0) is 18.8. The van der Waals surface area contributed by atoms with Gasteiger partial charge < -0.3 is 9.64 Å². The quantitative estimate of drug-likeness (QED) is 0.693. The highest BCUT2D eigenvalue weighted by atomic mass is 16.5. The maximum absolute atomic E-state index is 6.00. The van der Waals surface area contributed by atoms with Crippen LogP contribution in [-0.4, -0.2) is 44.8 Å². The predicted molar refractivity (Wildman–Crippen MR) is 106 cm³/mol. The van der Waals surface area contributed by atoms with E-state index in [-0.39, 0.29) is 0 Å². The number of anilines is 1. The van der Waals surface area contributed by atoms with Gasteiger partial charge in [-0.15, -0.1) is 5.10 Å². The lowest BCUT2D eigenvalue weighted by atomic mass is 9.97. The van der Waals surface area contributed by atoms with Gasteiger partial charge in [0, 0.05) is 30.7 Å². The number of hydrogen-bond donors (Lipinski definition) is 0. The second kappa shape index (κ2) is 7.66. The first-order chi connectivity index (χ1) is 13.9. The summed E-state index contributed by atoms with van der Waals surface area (Å²) in [6, 6.07) is 4.09. The Kier molecular flexibility index (Phi) is 4.72. The first-order valence-electron chi connectivity index (χ1n) is 10.1. The van der Waals surface area contributed by atoms with Gasteiger partial charge in [0.05, 0.1) is 24.0 Å². The second-order valence-electron chi connectivity index (χ2n) is 7.69. The Morgan fingerprint density at radius 3 is 2.89 bits per heavy atom. The molecule has 0 aromatic carbocycles. The van der Waals surface area contributed by atoms with Crippen LogP contribution in [0.3, 0.4) is 0 Å². The molecule has 0 atom stereocenters. The average molecular weight is 376 g/mol. The smallest absolute Gasteiger partial charge is 0.233 e. The van der Waals surface area contributed by atoms with E-state index in [0.717, 1.165) is 61.2 Å². The first-order valence-corrected chi connectivity index (χ1v) is 10.1. The third-order valence-corrected chi connectivity index (χ3v) is 5.85. The number of aryl methyl sites for hydroxylation is 2. The molecule has 0 radical (unpaired) electrons. The molecule has 7 nitrogen and oxygen atoms in total. The molecule has 0 bridgehead atoms. The minimum atomic E-state index is 0.531. The largest absolute Gasteiger partial charge is 0.476 e. The summed E-state index contributed by atoms with van der Waals surface area (Å²) in [5.74, 6) is 2.22. The molecule has 3 aromatic heterocycles. The summed E-state index contributed by atoms with van der Waals surface area (Å²) in [7, 11) is 0. The molecule has 0 spiro atoms. The molecule has 1 aliphatic heterocycles. The molecule has 28 heavy (non-hydrogen) atoms. The van der Waals surface area contributed by atoms with Crippen molar-refractivity contribution in [3.8, 4) is 5.88 Å². The van der Waals surface area contributed by atoms with E-state index in [2.05, 4.69) is 36.1 Å². The molecule has 0 N–H and O–H groups in total. The van der Waals surface area contributed by atoms with Gasteiger partial charge in [-0.1, -0.05) is 0 Å². The van der Waals surface area contributed by atoms with E-state index in [9.17, 15) is 0 Å². The summed E-state index contributed by atoms with van der Waals surface area (Å²) in [4.78, 5) is 15.3. The van der Waals surface area contributed by atoms with Crippen molar-refractivity contribution in [2.24, 2.45) is 5.92 Å². The number of ether oxygens (including phenoxy) is 1. The zero-order valence-corrected chi connectivity index (χ0v) is 15.9.